The number of hydrogen-bond acceptors (Lipinski definition) is 11. The van der Waals surface area contributed by atoms with Crippen LogP contribution in [0, 0.1) is 17.3 Å². The monoisotopic (exact) mass is 682 g/mol. The Labute approximate surface area is 285 Å². The van der Waals surface area contributed by atoms with Crippen LogP contribution in [0.4, 0.5) is 17.3 Å². The van der Waals surface area contributed by atoms with Gasteiger partial charge in [0, 0.05) is 62.4 Å². The standard InChI is InChI=1S/C35H38N8O5S/c1-35(24-44)10-13-41(14-11-35)30-20-32(39-31-9-12-36-33(40-31)28-22-38-43(23-28)49(46,47)29-7-8-29)37-21-27(30)6-5-25-3-2-4-26(19-25)34(45)42-15-17-48-18-16-42/h2-4,9,12,19-23,29,44H,7-8,10-11,13-18,24H2,1H3,(H,36,37,39,40). The lowest BCUT2D eigenvalue weighted by molar-refractivity contribution is 0.0303. The summed E-state index contributed by atoms with van der Waals surface area (Å²) in [6, 6.07) is 11.0. The van der Waals surface area contributed by atoms with Crippen LogP contribution in [0.5, 0.6) is 0 Å². The van der Waals surface area contributed by atoms with Gasteiger partial charge in [-0.3, -0.25) is 4.79 Å². The molecule has 0 atom stereocenters. The highest BCUT2D eigenvalue weighted by molar-refractivity contribution is 7.90. The van der Waals surface area contributed by atoms with E-state index in [-0.39, 0.29) is 23.2 Å². The molecule has 4 aromatic rings. The van der Waals surface area contributed by atoms with E-state index in [2.05, 4.69) is 49.0 Å². The Balaban J connectivity index is 1.14. The van der Waals surface area contributed by atoms with Crippen LogP contribution in [0.1, 0.15) is 54.1 Å². The Kier molecular flexibility index (Phi) is 9.06. The maximum absolute atomic E-state index is 13.1. The third-order valence-corrected chi connectivity index (χ3v) is 11.3. The van der Waals surface area contributed by atoms with Crippen molar-refractivity contribution in [3.05, 3.63) is 77.9 Å². The van der Waals surface area contributed by atoms with E-state index in [9.17, 15) is 18.3 Å². The van der Waals surface area contributed by atoms with Crippen LogP contribution in [0.15, 0.2) is 61.2 Å². The molecule has 254 valence electrons. The SMILES string of the molecule is CC1(CO)CCN(c2cc(Nc3ccnc(-c4cnn(S(=O)(=O)C5CC5)c4)n3)ncc2C#Cc2cccc(C(=O)N3CCOCC3)c2)CC1. The molecule has 14 heteroatoms. The van der Waals surface area contributed by atoms with Crippen molar-refractivity contribution >= 4 is 33.3 Å². The highest BCUT2D eigenvalue weighted by Gasteiger charge is 2.38. The van der Waals surface area contributed by atoms with E-state index in [0.29, 0.717) is 67.7 Å². The van der Waals surface area contributed by atoms with Gasteiger partial charge in [-0.15, -0.1) is 0 Å². The molecule has 0 radical (unpaired) electrons. The Hall–Kier alpha value is -4.84. The number of anilines is 3. The lowest BCUT2D eigenvalue weighted by atomic mass is 9.81. The van der Waals surface area contributed by atoms with Gasteiger partial charge in [-0.1, -0.05) is 24.8 Å². The van der Waals surface area contributed by atoms with Crippen molar-refractivity contribution in [3.63, 3.8) is 0 Å². The molecule has 2 saturated heterocycles. The zero-order valence-corrected chi connectivity index (χ0v) is 28.1. The first-order valence-corrected chi connectivity index (χ1v) is 18.0. The van der Waals surface area contributed by atoms with E-state index in [4.69, 9.17) is 4.74 Å². The third kappa shape index (κ3) is 7.29. The summed E-state index contributed by atoms with van der Waals surface area (Å²) in [5.41, 5.74) is 3.30. The maximum atomic E-state index is 13.1. The van der Waals surface area contributed by atoms with Gasteiger partial charge >= 0.3 is 0 Å². The molecule has 1 amide bonds. The van der Waals surface area contributed by atoms with Gasteiger partial charge < -0.3 is 25.0 Å². The first kappa shape index (κ1) is 32.7. The van der Waals surface area contributed by atoms with Gasteiger partial charge in [-0.25, -0.2) is 23.4 Å². The fraction of sp³-hybridized carbons (Fsp3) is 0.400. The van der Waals surface area contributed by atoms with E-state index in [1.807, 2.05) is 30.3 Å². The number of amides is 1. The minimum Gasteiger partial charge on any atom is -0.396 e. The number of hydrogen-bond donors (Lipinski definition) is 2. The number of pyridine rings is 1. The summed E-state index contributed by atoms with van der Waals surface area (Å²) >= 11 is 0. The lowest BCUT2D eigenvalue weighted by Crippen LogP contribution is -2.40. The van der Waals surface area contributed by atoms with Gasteiger partial charge in [0.2, 0.25) is 0 Å². The summed E-state index contributed by atoms with van der Waals surface area (Å²) in [6.45, 7) is 5.94. The molecule has 13 nitrogen and oxygen atoms in total. The second-order valence-corrected chi connectivity index (χ2v) is 15.1. The smallest absolute Gasteiger partial charge is 0.256 e. The molecule has 7 rings (SSSR count). The Morgan fingerprint density at radius 2 is 1.84 bits per heavy atom. The first-order valence-electron chi connectivity index (χ1n) is 16.5. The Morgan fingerprint density at radius 1 is 1.04 bits per heavy atom. The number of carbonyl (C=O) groups is 1. The zero-order valence-electron chi connectivity index (χ0n) is 27.2. The summed E-state index contributed by atoms with van der Waals surface area (Å²) < 4.78 is 31.6. The number of piperidine rings is 1. The van der Waals surface area contributed by atoms with Gasteiger partial charge in [-0.05, 0) is 55.4 Å². The topological polar surface area (TPSA) is 156 Å². The van der Waals surface area contributed by atoms with E-state index >= 15 is 0 Å². The van der Waals surface area contributed by atoms with Gasteiger partial charge in [0.05, 0.1) is 47.7 Å². The highest BCUT2D eigenvalue weighted by Crippen LogP contribution is 2.35. The third-order valence-electron chi connectivity index (χ3n) is 9.26. The maximum Gasteiger partial charge on any atom is 0.256 e. The number of nitrogens with zero attached hydrogens (tertiary/aromatic N) is 7. The highest BCUT2D eigenvalue weighted by atomic mass is 32.2. The molecule has 0 spiro atoms. The average Bonchev–Trinajstić information content (AvgIpc) is 3.88. The predicted octanol–water partition coefficient (Wildman–Crippen LogP) is 3.29. The molecule has 2 N–H and O–H groups in total. The second-order valence-electron chi connectivity index (χ2n) is 13.0. The number of benzene rings is 1. The number of rotatable bonds is 8. The molecule has 1 saturated carbocycles. The van der Waals surface area contributed by atoms with Crippen molar-refractivity contribution in [2.24, 2.45) is 5.41 Å². The van der Waals surface area contributed by atoms with Crippen molar-refractivity contribution in [1.82, 2.24) is 29.0 Å². The normalized spacial score (nSPS) is 17.7. The summed E-state index contributed by atoms with van der Waals surface area (Å²) in [7, 11) is -3.50. The van der Waals surface area contributed by atoms with Crippen molar-refractivity contribution < 1.29 is 23.1 Å². The van der Waals surface area contributed by atoms with Crippen molar-refractivity contribution in [2.75, 3.05) is 56.2 Å². The number of nitrogens with one attached hydrogen (secondary N) is 1. The molecule has 1 aliphatic carbocycles. The Bertz CT molecular complexity index is 2020. The molecule has 1 aromatic carbocycles. The second kappa shape index (κ2) is 13.6. The van der Waals surface area contributed by atoms with Crippen LogP contribution in [-0.4, -0.2) is 99.7 Å². The molecule has 3 aromatic heterocycles. The fourth-order valence-electron chi connectivity index (χ4n) is 5.91. The number of carbonyl (C=O) groups excluding carboxylic acids is 1. The summed E-state index contributed by atoms with van der Waals surface area (Å²) in [4.78, 5) is 30.7. The summed E-state index contributed by atoms with van der Waals surface area (Å²) in [5, 5.41) is 16.9. The molecule has 3 fully saturated rings. The molecule has 0 bridgehead atoms. The minimum absolute atomic E-state index is 0.0324. The van der Waals surface area contributed by atoms with E-state index in [1.54, 1.807) is 23.4 Å². The van der Waals surface area contributed by atoms with Crippen molar-refractivity contribution in [1.29, 1.82) is 0 Å². The summed E-state index contributed by atoms with van der Waals surface area (Å²) in [6.07, 6.45) is 9.16. The number of morpholine rings is 1. The molecular weight excluding hydrogens is 645 g/mol. The molecule has 5 heterocycles. The molecule has 3 aliphatic rings. The van der Waals surface area contributed by atoms with E-state index < -0.39 is 10.0 Å². The van der Waals surface area contributed by atoms with E-state index in [0.717, 1.165) is 46.8 Å². The summed E-state index contributed by atoms with van der Waals surface area (Å²) in [5.74, 6) is 7.86. The quantitative estimate of drug-likeness (QED) is 0.263. The van der Waals surface area contributed by atoms with Crippen LogP contribution in [0.25, 0.3) is 11.4 Å². The minimum atomic E-state index is -3.50. The van der Waals surface area contributed by atoms with Crippen LogP contribution in [0.3, 0.4) is 0 Å². The molecular formula is C35H38N8O5S. The Morgan fingerprint density at radius 3 is 2.59 bits per heavy atom. The predicted molar refractivity (Wildman–Crippen MR) is 184 cm³/mol. The van der Waals surface area contributed by atoms with Gasteiger partial charge in [0.25, 0.3) is 15.9 Å². The van der Waals surface area contributed by atoms with Crippen molar-refractivity contribution in [2.45, 2.75) is 37.9 Å². The van der Waals surface area contributed by atoms with Crippen LogP contribution >= 0.6 is 0 Å². The zero-order chi connectivity index (χ0) is 34.0. The van der Waals surface area contributed by atoms with Gasteiger partial charge in [-0.2, -0.15) is 9.19 Å². The van der Waals surface area contributed by atoms with Crippen LogP contribution in [-0.2, 0) is 14.8 Å². The number of ether oxygens (including phenoxy) is 1. The average molecular weight is 683 g/mol. The largest absolute Gasteiger partial charge is 0.396 e. The van der Waals surface area contributed by atoms with Crippen molar-refractivity contribution in [3.8, 4) is 23.2 Å². The molecule has 0 unspecified atom stereocenters. The van der Waals surface area contributed by atoms with Gasteiger partial charge in [0.1, 0.15) is 11.6 Å². The lowest BCUT2D eigenvalue weighted by Gasteiger charge is -2.39. The van der Waals surface area contributed by atoms with E-state index in [1.165, 1.54) is 12.4 Å². The first-order chi connectivity index (χ1) is 23.7. The molecule has 49 heavy (non-hydrogen) atoms. The fourth-order valence-corrected chi connectivity index (χ4v) is 7.39. The van der Waals surface area contributed by atoms with Crippen LogP contribution < -0.4 is 10.2 Å². The van der Waals surface area contributed by atoms with Gasteiger partial charge in [0.15, 0.2) is 5.82 Å². The van der Waals surface area contributed by atoms with Crippen LogP contribution in [0.2, 0.25) is 0 Å². The number of aliphatic hydroxyl groups excluding tert-OH is 1. The number of aromatic nitrogens is 5. The molecule has 2 aliphatic heterocycles. The number of aliphatic hydroxyl groups is 1.